The Balaban J connectivity index is 2.48. The lowest BCUT2D eigenvalue weighted by Gasteiger charge is -2.16. The maximum atomic E-state index is 12.3. The maximum absolute atomic E-state index is 12.3. The van der Waals surface area contributed by atoms with Crippen LogP contribution in [0.4, 0.5) is 0 Å². The van der Waals surface area contributed by atoms with Gasteiger partial charge in [0.1, 0.15) is 0 Å². The van der Waals surface area contributed by atoms with Crippen molar-refractivity contribution in [1.82, 2.24) is 0 Å². The van der Waals surface area contributed by atoms with Crippen molar-refractivity contribution >= 4 is 18.0 Å². The van der Waals surface area contributed by atoms with Gasteiger partial charge in [-0.3, -0.25) is 0 Å². The average Bonchev–Trinajstić information content (AvgIpc) is 2.68. The van der Waals surface area contributed by atoms with Crippen molar-refractivity contribution < 1.29 is 19.1 Å². The molecule has 128 valence electrons. The van der Waals surface area contributed by atoms with Crippen molar-refractivity contribution in [2.75, 3.05) is 14.2 Å². The van der Waals surface area contributed by atoms with E-state index in [1.165, 1.54) is 20.3 Å². The Hall–Kier alpha value is -3.14. The first kappa shape index (κ1) is 18.2. The Morgan fingerprint density at radius 2 is 1.48 bits per heavy atom. The molecular weight excluding hydrogens is 316 g/mol. The summed E-state index contributed by atoms with van der Waals surface area (Å²) in [5.41, 5.74) is 2.08. The van der Waals surface area contributed by atoms with Gasteiger partial charge >= 0.3 is 11.9 Å². The van der Waals surface area contributed by atoms with Crippen LogP contribution in [0.2, 0.25) is 0 Å². The van der Waals surface area contributed by atoms with E-state index in [9.17, 15) is 9.59 Å². The van der Waals surface area contributed by atoms with Crippen LogP contribution in [-0.2, 0) is 19.1 Å². The molecule has 0 fully saturated rings. The zero-order chi connectivity index (χ0) is 18.1. The fraction of sp³-hybridized carbons (Fsp3) is 0.143. The molecule has 0 saturated heterocycles. The highest BCUT2D eigenvalue weighted by Crippen LogP contribution is 2.28. The SMILES string of the molecule is COC(=O)/C=C(\C(=O)OC)[C@@H](/C=C/c1ccccc1)c1ccccc1. The van der Waals surface area contributed by atoms with Gasteiger partial charge in [-0.25, -0.2) is 9.59 Å². The molecule has 2 rings (SSSR count). The molecule has 0 heterocycles. The number of carbonyl (C=O) groups excluding carboxylic acids is 2. The number of ether oxygens (including phenoxy) is 2. The molecule has 0 aromatic heterocycles. The molecular formula is C21H20O4. The van der Waals surface area contributed by atoms with Crippen molar-refractivity contribution in [1.29, 1.82) is 0 Å². The lowest BCUT2D eigenvalue weighted by molar-refractivity contribution is -0.138. The van der Waals surface area contributed by atoms with Gasteiger partial charge in [0, 0.05) is 12.0 Å². The van der Waals surface area contributed by atoms with Crippen LogP contribution in [0.3, 0.4) is 0 Å². The quantitative estimate of drug-likeness (QED) is 0.595. The molecule has 1 atom stereocenters. The van der Waals surface area contributed by atoms with E-state index < -0.39 is 17.9 Å². The van der Waals surface area contributed by atoms with E-state index in [1.54, 1.807) is 0 Å². The first-order chi connectivity index (χ1) is 12.2. The number of benzene rings is 2. The molecule has 0 saturated carbocycles. The summed E-state index contributed by atoms with van der Waals surface area (Å²) >= 11 is 0. The van der Waals surface area contributed by atoms with E-state index in [1.807, 2.05) is 72.8 Å². The number of carbonyl (C=O) groups is 2. The second-order valence-corrected chi connectivity index (χ2v) is 5.27. The van der Waals surface area contributed by atoms with Gasteiger partial charge < -0.3 is 9.47 Å². The monoisotopic (exact) mass is 336 g/mol. The number of esters is 2. The highest BCUT2D eigenvalue weighted by atomic mass is 16.5. The minimum absolute atomic E-state index is 0.215. The topological polar surface area (TPSA) is 52.6 Å². The molecule has 0 bridgehead atoms. The van der Waals surface area contributed by atoms with Gasteiger partial charge in [0.25, 0.3) is 0 Å². The Morgan fingerprint density at radius 3 is 2.04 bits per heavy atom. The number of hydrogen-bond donors (Lipinski definition) is 0. The van der Waals surface area contributed by atoms with Crippen LogP contribution < -0.4 is 0 Å². The molecule has 2 aromatic carbocycles. The third-order valence-corrected chi connectivity index (χ3v) is 3.67. The normalized spacial score (nSPS) is 12.6. The summed E-state index contributed by atoms with van der Waals surface area (Å²) in [7, 11) is 2.56. The second kappa shape index (κ2) is 9.23. The second-order valence-electron chi connectivity index (χ2n) is 5.27. The summed E-state index contributed by atoms with van der Waals surface area (Å²) in [5, 5.41) is 0. The highest BCUT2D eigenvalue weighted by molar-refractivity contribution is 5.98. The van der Waals surface area contributed by atoms with Crippen LogP contribution in [0.1, 0.15) is 17.0 Å². The maximum Gasteiger partial charge on any atom is 0.334 e. The van der Waals surface area contributed by atoms with Crippen molar-refractivity contribution in [3.63, 3.8) is 0 Å². The van der Waals surface area contributed by atoms with E-state index in [0.717, 1.165) is 11.1 Å². The Bertz CT molecular complexity index is 761. The predicted molar refractivity (Wildman–Crippen MR) is 96.8 cm³/mol. The summed E-state index contributed by atoms with van der Waals surface area (Å²) in [6.07, 6.45) is 4.96. The summed E-state index contributed by atoms with van der Waals surface area (Å²) in [5.74, 6) is -1.61. The van der Waals surface area contributed by atoms with E-state index in [2.05, 4.69) is 4.74 Å². The molecule has 0 aliphatic heterocycles. The number of hydrogen-bond acceptors (Lipinski definition) is 4. The van der Waals surface area contributed by atoms with Crippen LogP contribution >= 0.6 is 0 Å². The summed E-state index contributed by atoms with van der Waals surface area (Å²) < 4.78 is 9.54. The van der Waals surface area contributed by atoms with Gasteiger partial charge in [-0.2, -0.15) is 0 Å². The van der Waals surface area contributed by atoms with Gasteiger partial charge in [0.15, 0.2) is 0 Å². The molecule has 0 N–H and O–H groups in total. The van der Waals surface area contributed by atoms with Crippen LogP contribution in [0.5, 0.6) is 0 Å². The number of methoxy groups -OCH3 is 2. The van der Waals surface area contributed by atoms with E-state index >= 15 is 0 Å². The van der Waals surface area contributed by atoms with Crippen molar-refractivity contribution in [3.05, 3.63) is 89.5 Å². The molecule has 25 heavy (non-hydrogen) atoms. The van der Waals surface area contributed by atoms with Gasteiger partial charge in [-0.15, -0.1) is 0 Å². The molecule has 2 aromatic rings. The molecule has 0 amide bonds. The number of allylic oxidation sites excluding steroid dienone is 1. The van der Waals surface area contributed by atoms with E-state index in [4.69, 9.17) is 4.74 Å². The van der Waals surface area contributed by atoms with Crippen molar-refractivity contribution in [2.24, 2.45) is 0 Å². The standard InChI is InChI=1S/C21H20O4/c1-24-20(22)15-19(21(23)25-2)18(17-11-7-4-8-12-17)14-13-16-9-5-3-6-10-16/h3-15,18H,1-2H3/b14-13+,19-15-/t18-/m0/s1. The van der Waals surface area contributed by atoms with Gasteiger partial charge in [-0.1, -0.05) is 72.8 Å². The van der Waals surface area contributed by atoms with Crippen molar-refractivity contribution in [2.45, 2.75) is 5.92 Å². The largest absolute Gasteiger partial charge is 0.466 e. The molecule has 0 aliphatic carbocycles. The van der Waals surface area contributed by atoms with E-state index in [0.29, 0.717) is 0 Å². The summed E-state index contributed by atoms with van der Waals surface area (Å²) in [4.78, 5) is 24.0. The molecule has 4 nitrogen and oxygen atoms in total. The summed E-state index contributed by atoms with van der Waals surface area (Å²) in [6, 6.07) is 19.2. The zero-order valence-corrected chi connectivity index (χ0v) is 14.2. The van der Waals surface area contributed by atoms with Gasteiger partial charge in [0.2, 0.25) is 0 Å². The zero-order valence-electron chi connectivity index (χ0n) is 14.2. The van der Waals surface area contributed by atoms with Gasteiger partial charge in [0.05, 0.1) is 19.8 Å². The number of rotatable bonds is 6. The Morgan fingerprint density at radius 1 is 0.880 bits per heavy atom. The molecule has 4 heteroatoms. The van der Waals surface area contributed by atoms with Crippen LogP contribution in [0, 0.1) is 0 Å². The molecule has 0 aliphatic rings. The fourth-order valence-corrected chi connectivity index (χ4v) is 2.41. The minimum atomic E-state index is -0.602. The smallest absolute Gasteiger partial charge is 0.334 e. The minimum Gasteiger partial charge on any atom is -0.466 e. The average molecular weight is 336 g/mol. The molecule has 0 unspecified atom stereocenters. The predicted octanol–water partition coefficient (Wildman–Crippen LogP) is 3.76. The fourth-order valence-electron chi connectivity index (χ4n) is 2.41. The van der Waals surface area contributed by atoms with Gasteiger partial charge in [-0.05, 0) is 11.1 Å². The lowest BCUT2D eigenvalue weighted by atomic mass is 9.89. The Kier molecular flexibility index (Phi) is 6.72. The third-order valence-electron chi connectivity index (χ3n) is 3.67. The summed E-state index contributed by atoms with van der Waals surface area (Å²) in [6.45, 7) is 0. The Labute approximate surface area is 147 Å². The first-order valence-electron chi connectivity index (χ1n) is 7.81. The molecule has 0 spiro atoms. The van der Waals surface area contributed by atoms with Crippen molar-refractivity contribution in [3.8, 4) is 0 Å². The van der Waals surface area contributed by atoms with E-state index in [-0.39, 0.29) is 5.57 Å². The first-order valence-corrected chi connectivity index (χ1v) is 7.81. The third kappa shape index (κ3) is 5.18. The van der Waals surface area contributed by atoms with Crippen LogP contribution in [0.15, 0.2) is 78.4 Å². The molecule has 0 radical (unpaired) electrons. The van der Waals surface area contributed by atoms with Crippen LogP contribution in [-0.4, -0.2) is 26.2 Å². The van der Waals surface area contributed by atoms with Crippen LogP contribution in [0.25, 0.3) is 6.08 Å². The highest BCUT2D eigenvalue weighted by Gasteiger charge is 2.22. The lowest BCUT2D eigenvalue weighted by Crippen LogP contribution is -2.14.